The number of aryl methyl sites for hydroxylation is 1. The highest BCUT2D eigenvalue weighted by Gasteiger charge is 2.30. The third-order valence-corrected chi connectivity index (χ3v) is 4.85. The van der Waals surface area contributed by atoms with Gasteiger partial charge in [0.05, 0.1) is 16.9 Å². The lowest BCUT2D eigenvalue weighted by molar-refractivity contribution is -0.117. The number of Topliss-reactive ketones (excluding diaryl/α,β-unsaturated/α-hetero) is 1. The van der Waals surface area contributed by atoms with Gasteiger partial charge in [-0.3, -0.25) is 19.1 Å². The molecule has 11 nitrogen and oxygen atoms in total. The molecule has 2 heterocycles. The van der Waals surface area contributed by atoms with Crippen molar-refractivity contribution < 1.29 is 18.5 Å². The maximum Gasteiger partial charge on any atom is 0.273 e. The molecule has 0 radical (unpaired) electrons. The molecule has 3 N–H and O–H groups in total. The zero-order valence-corrected chi connectivity index (χ0v) is 17.3. The number of ketones is 1. The fraction of sp³-hybridized carbons (Fsp3) is 0.286. The van der Waals surface area contributed by atoms with E-state index in [4.69, 9.17) is 4.11 Å². The van der Waals surface area contributed by atoms with Gasteiger partial charge in [0.2, 0.25) is 5.91 Å². The first kappa shape index (κ1) is 17.5. The van der Waals surface area contributed by atoms with Crippen LogP contribution in [0, 0.1) is 5.92 Å². The molecule has 1 aliphatic carbocycles. The molecule has 1 aromatic carbocycles. The highest BCUT2D eigenvalue weighted by Crippen LogP contribution is 2.32. The van der Waals surface area contributed by atoms with E-state index in [-0.39, 0.29) is 40.4 Å². The van der Waals surface area contributed by atoms with Gasteiger partial charge in [0.15, 0.2) is 23.1 Å². The van der Waals surface area contributed by atoms with Gasteiger partial charge in [-0.25, -0.2) is 4.98 Å². The molecule has 2 aromatic heterocycles. The van der Waals surface area contributed by atoms with Crippen LogP contribution in [0.3, 0.4) is 0 Å². The Kier molecular flexibility index (Phi) is 4.67. The minimum Gasteiger partial charge on any atom is -0.354 e. The predicted molar refractivity (Wildman–Crippen MR) is 117 cm³/mol. The molecule has 32 heavy (non-hydrogen) atoms. The Morgan fingerprint density at radius 2 is 2.00 bits per heavy atom. The lowest BCUT2D eigenvalue weighted by Crippen LogP contribution is -2.22. The van der Waals surface area contributed by atoms with Gasteiger partial charge in [0, 0.05) is 35.7 Å². The van der Waals surface area contributed by atoms with Crippen molar-refractivity contribution in [3.8, 4) is 11.4 Å². The van der Waals surface area contributed by atoms with Crippen molar-refractivity contribution in [1.82, 2.24) is 30.3 Å². The van der Waals surface area contributed by atoms with E-state index in [9.17, 15) is 14.4 Å². The third-order valence-electron chi connectivity index (χ3n) is 4.85. The first-order valence-electron chi connectivity index (χ1n) is 11.3. The fourth-order valence-electron chi connectivity index (χ4n) is 3.18. The predicted octanol–water partition coefficient (Wildman–Crippen LogP) is 1.93. The minimum absolute atomic E-state index is 0.0430. The number of anilines is 3. The second kappa shape index (κ2) is 8.53. The average Bonchev–Trinajstić information content (AvgIpc) is 3.53. The highest BCUT2D eigenvalue weighted by atomic mass is 16.2. The topological polar surface area (TPSA) is 144 Å². The monoisotopic (exact) mass is 437 g/mol. The summed E-state index contributed by atoms with van der Waals surface area (Å²) in [6.07, 6.45) is 3.05. The summed E-state index contributed by atoms with van der Waals surface area (Å²) in [5.41, 5.74) is 0.725. The van der Waals surface area contributed by atoms with E-state index in [0.717, 1.165) is 12.8 Å². The molecule has 11 heteroatoms. The Labute approximate surface area is 187 Å². The Morgan fingerprint density at radius 3 is 2.66 bits per heavy atom. The molecule has 0 spiro atoms. The molecule has 0 bridgehead atoms. The molecule has 0 unspecified atom stereocenters. The van der Waals surface area contributed by atoms with Crippen LogP contribution >= 0.6 is 0 Å². The molecular formula is C21H22N8O3. The quantitative estimate of drug-likeness (QED) is 0.476. The van der Waals surface area contributed by atoms with Crippen LogP contribution in [0.2, 0.25) is 0 Å². The van der Waals surface area contributed by atoms with Crippen LogP contribution in [0.15, 0.2) is 30.6 Å². The van der Waals surface area contributed by atoms with Crippen LogP contribution in [0.25, 0.3) is 11.4 Å². The van der Waals surface area contributed by atoms with Gasteiger partial charge in [-0.1, -0.05) is 12.1 Å². The number of hydrogen-bond acceptors (Lipinski definition) is 8. The Bertz CT molecular complexity index is 1320. The second-order valence-electron chi connectivity index (χ2n) is 7.36. The first-order valence-corrected chi connectivity index (χ1v) is 9.80. The van der Waals surface area contributed by atoms with Crippen molar-refractivity contribution in [1.29, 1.82) is 0 Å². The van der Waals surface area contributed by atoms with Gasteiger partial charge >= 0.3 is 0 Å². The van der Waals surface area contributed by atoms with Crippen LogP contribution in [-0.4, -0.2) is 49.5 Å². The molecule has 0 saturated heterocycles. The number of aromatic nitrogens is 5. The van der Waals surface area contributed by atoms with E-state index in [1.165, 1.54) is 24.0 Å². The third kappa shape index (κ3) is 4.31. The van der Waals surface area contributed by atoms with Gasteiger partial charge in [0.25, 0.3) is 5.91 Å². The van der Waals surface area contributed by atoms with E-state index in [1.807, 2.05) is 5.32 Å². The van der Waals surface area contributed by atoms with E-state index < -0.39 is 12.9 Å². The first-order chi connectivity index (χ1) is 16.5. The van der Waals surface area contributed by atoms with Crippen LogP contribution in [0.5, 0.6) is 0 Å². The largest absolute Gasteiger partial charge is 0.354 e. The number of nitrogens with zero attached hydrogens (tertiary/aromatic N) is 5. The number of hydrogen-bond donors (Lipinski definition) is 3. The van der Waals surface area contributed by atoms with E-state index in [1.54, 1.807) is 25.2 Å². The van der Waals surface area contributed by atoms with Gasteiger partial charge in [0.1, 0.15) is 6.33 Å². The van der Waals surface area contributed by atoms with Crippen molar-refractivity contribution in [3.05, 3.63) is 41.9 Å². The number of carbonyl (C=O) groups is 3. The highest BCUT2D eigenvalue weighted by molar-refractivity contribution is 6.07. The average molecular weight is 437 g/mol. The lowest BCUT2D eigenvalue weighted by atomic mass is 10.0. The lowest BCUT2D eigenvalue weighted by Gasteiger charge is -2.15. The standard InChI is InChI=1S/C21H22N8O3/c1-11(30)17-13(19-23-10-29(3)28-19)5-4-6-14(17)24-15-9-16(25-20(31)12-7-8-12)26-27-18(15)21(32)22-2/h4-6,9-10,12H,7-8H2,1-3H3,(H,22,32)(H2,24,25,26,31)/i2D3. The van der Waals surface area contributed by atoms with Gasteiger partial charge in [-0.2, -0.15) is 5.10 Å². The fourth-order valence-corrected chi connectivity index (χ4v) is 3.18. The molecular weight excluding hydrogens is 412 g/mol. The summed E-state index contributed by atoms with van der Waals surface area (Å²) in [5.74, 6) is -1.23. The van der Waals surface area contributed by atoms with E-state index >= 15 is 0 Å². The molecule has 0 aliphatic heterocycles. The van der Waals surface area contributed by atoms with Crippen LogP contribution in [-0.2, 0) is 11.8 Å². The molecule has 1 fully saturated rings. The molecule has 0 atom stereocenters. The van der Waals surface area contributed by atoms with Gasteiger partial charge in [-0.15, -0.1) is 10.2 Å². The smallest absolute Gasteiger partial charge is 0.273 e. The van der Waals surface area contributed by atoms with Crippen molar-refractivity contribution in [2.75, 3.05) is 17.6 Å². The number of benzene rings is 1. The van der Waals surface area contributed by atoms with Gasteiger partial charge < -0.3 is 16.0 Å². The van der Waals surface area contributed by atoms with Crippen LogP contribution in [0.4, 0.5) is 17.2 Å². The molecule has 2 amide bonds. The molecule has 3 aromatic rings. The molecule has 4 rings (SSSR count). The normalized spacial score (nSPS) is 14.6. The maximum absolute atomic E-state index is 12.6. The summed E-state index contributed by atoms with van der Waals surface area (Å²) < 4.78 is 23.5. The number of carbonyl (C=O) groups excluding carboxylic acids is 3. The zero-order chi connectivity index (χ0) is 25.3. The Morgan fingerprint density at radius 1 is 1.19 bits per heavy atom. The maximum atomic E-state index is 12.6. The molecule has 1 saturated carbocycles. The van der Waals surface area contributed by atoms with Crippen molar-refractivity contribution in [2.45, 2.75) is 19.8 Å². The second-order valence-corrected chi connectivity index (χ2v) is 7.36. The summed E-state index contributed by atoms with van der Waals surface area (Å²) in [5, 5.41) is 19.4. The number of amides is 2. The Hall–Kier alpha value is -4.15. The van der Waals surface area contributed by atoms with Crippen molar-refractivity contribution in [3.63, 3.8) is 0 Å². The summed E-state index contributed by atoms with van der Waals surface area (Å²) in [6.45, 7) is -1.38. The molecule has 164 valence electrons. The van der Waals surface area contributed by atoms with E-state index in [0.29, 0.717) is 17.1 Å². The number of nitrogens with one attached hydrogen (secondary N) is 3. The Balaban J connectivity index is 1.76. The summed E-state index contributed by atoms with van der Waals surface area (Å²) in [6, 6.07) is 6.33. The van der Waals surface area contributed by atoms with Crippen LogP contribution < -0.4 is 16.0 Å². The SMILES string of the molecule is [2H]C([2H])([2H])NC(=O)c1nnc(NC(=O)C2CC2)cc1Nc1cccc(-c2ncn(C)n2)c1C(C)=O. The van der Waals surface area contributed by atoms with Gasteiger partial charge in [-0.05, 0) is 25.8 Å². The van der Waals surface area contributed by atoms with Crippen molar-refractivity contribution >= 4 is 34.8 Å². The van der Waals surface area contributed by atoms with Crippen molar-refractivity contribution in [2.24, 2.45) is 13.0 Å². The zero-order valence-electron chi connectivity index (χ0n) is 20.3. The molecule has 1 aliphatic rings. The summed E-state index contributed by atoms with van der Waals surface area (Å²) in [4.78, 5) is 41.7. The number of rotatable bonds is 7. The van der Waals surface area contributed by atoms with Crippen LogP contribution in [0.1, 0.15) is 44.7 Å². The summed E-state index contributed by atoms with van der Waals surface area (Å²) in [7, 11) is 1.70. The summed E-state index contributed by atoms with van der Waals surface area (Å²) >= 11 is 0. The van der Waals surface area contributed by atoms with E-state index in [2.05, 4.69) is 30.9 Å². The minimum atomic E-state index is -2.76.